The molecule has 0 saturated heterocycles. The van der Waals surface area contributed by atoms with E-state index in [2.05, 4.69) is 33.8 Å². The minimum atomic E-state index is -0.0731. The SMILES string of the molecule is Cc1cncc(C(=O)NCC2NCCc3ccccc32)c1. The molecule has 0 saturated carbocycles. The Kier molecular flexibility index (Phi) is 3.97. The summed E-state index contributed by atoms with van der Waals surface area (Å²) in [7, 11) is 0. The summed E-state index contributed by atoms with van der Waals surface area (Å²) in [6.07, 6.45) is 4.39. The van der Waals surface area contributed by atoms with Crippen molar-refractivity contribution in [3.05, 3.63) is 65.0 Å². The lowest BCUT2D eigenvalue weighted by atomic mass is 9.94. The van der Waals surface area contributed by atoms with Crippen molar-refractivity contribution in [1.82, 2.24) is 15.6 Å². The second-order valence-corrected chi connectivity index (χ2v) is 5.42. The molecule has 1 aliphatic rings. The molecule has 0 spiro atoms. The second kappa shape index (κ2) is 6.06. The van der Waals surface area contributed by atoms with Gasteiger partial charge in [0.25, 0.3) is 5.91 Å². The van der Waals surface area contributed by atoms with Crippen LogP contribution in [0.5, 0.6) is 0 Å². The molecule has 2 N–H and O–H groups in total. The van der Waals surface area contributed by atoms with Crippen molar-refractivity contribution in [1.29, 1.82) is 0 Å². The number of amides is 1. The summed E-state index contributed by atoms with van der Waals surface area (Å²) in [5.74, 6) is -0.0731. The summed E-state index contributed by atoms with van der Waals surface area (Å²) in [6, 6.07) is 10.4. The van der Waals surface area contributed by atoms with E-state index in [1.54, 1.807) is 12.4 Å². The van der Waals surface area contributed by atoms with Gasteiger partial charge in [-0.2, -0.15) is 0 Å². The zero-order valence-electron chi connectivity index (χ0n) is 12.1. The molecule has 1 aliphatic heterocycles. The van der Waals surface area contributed by atoms with E-state index in [4.69, 9.17) is 0 Å². The van der Waals surface area contributed by atoms with Gasteiger partial charge in [0, 0.05) is 25.0 Å². The highest BCUT2D eigenvalue weighted by molar-refractivity contribution is 5.94. The summed E-state index contributed by atoms with van der Waals surface area (Å²) in [6.45, 7) is 3.47. The fourth-order valence-electron chi connectivity index (χ4n) is 2.75. The van der Waals surface area contributed by atoms with E-state index in [-0.39, 0.29) is 11.9 Å². The third-order valence-electron chi connectivity index (χ3n) is 3.82. The minimum absolute atomic E-state index is 0.0731. The van der Waals surface area contributed by atoms with Gasteiger partial charge in [0.2, 0.25) is 0 Å². The maximum absolute atomic E-state index is 12.2. The van der Waals surface area contributed by atoms with Crippen LogP contribution in [-0.2, 0) is 6.42 Å². The molecule has 2 aromatic rings. The van der Waals surface area contributed by atoms with Gasteiger partial charge >= 0.3 is 0 Å². The van der Waals surface area contributed by atoms with Gasteiger partial charge in [-0.15, -0.1) is 0 Å². The summed E-state index contributed by atoms with van der Waals surface area (Å²) in [4.78, 5) is 16.2. The van der Waals surface area contributed by atoms with Crippen LogP contribution >= 0.6 is 0 Å². The van der Waals surface area contributed by atoms with Crippen LogP contribution in [0, 0.1) is 6.92 Å². The number of nitrogens with zero attached hydrogens (tertiary/aromatic N) is 1. The van der Waals surface area contributed by atoms with Crippen LogP contribution in [0.3, 0.4) is 0 Å². The molecule has 3 rings (SSSR count). The number of hydrogen-bond donors (Lipinski definition) is 2. The first kappa shape index (κ1) is 13.8. The van der Waals surface area contributed by atoms with Gasteiger partial charge in [0.05, 0.1) is 5.56 Å². The Morgan fingerprint density at radius 3 is 3.10 bits per heavy atom. The van der Waals surface area contributed by atoms with Crippen LogP contribution < -0.4 is 10.6 Å². The van der Waals surface area contributed by atoms with Crippen molar-refractivity contribution < 1.29 is 4.79 Å². The van der Waals surface area contributed by atoms with Crippen molar-refractivity contribution in [2.24, 2.45) is 0 Å². The number of pyridine rings is 1. The van der Waals surface area contributed by atoms with Crippen LogP contribution in [-0.4, -0.2) is 24.0 Å². The normalized spacial score (nSPS) is 17.1. The van der Waals surface area contributed by atoms with Crippen LogP contribution in [0.25, 0.3) is 0 Å². The highest BCUT2D eigenvalue weighted by Gasteiger charge is 2.19. The van der Waals surface area contributed by atoms with Gasteiger partial charge < -0.3 is 10.6 Å². The molecule has 4 nitrogen and oxygen atoms in total. The van der Waals surface area contributed by atoms with E-state index < -0.39 is 0 Å². The van der Waals surface area contributed by atoms with Gasteiger partial charge in [-0.3, -0.25) is 9.78 Å². The first-order chi connectivity index (χ1) is 10.2. The van der Waals surface area contributed by atoms with Crippen LogP contribution in [0.15, 0.2) is 42.7 Å². The van der Waals surface area contributed by atoms with E-state index in [9.17, 15) is 4.79 Å². The van der Waals surface area contributed by atoms with E-state index in [1.807, 2.05) is 19.1 Å². The Morgan fingerprint density at radius 2 is 2.24 bits per heavy atom. The molecule has 0 radical (unpaired) electrons. The van der Waals surface area contributed by atoms with Crippen LogP contribution in [0.1, 0.15) is 33.1 Å². The van der Waals surface area contributed by atoms with Crippen LogP contribution in [0.4, 0.5) is 0 Å². The zero-order chi connectivity index (χ0) is 14.7. The molecule has 4 heteroatoms. The van der Waals surface area contributed by atoms with Gasteiger partial charge in [0.15, 0.2) is 0 Å². The third kappa shape index (κ3) is 3.11. The molecule has 21 heavy (non-hydrogen) atoms. The van der Waals surface area contributed by atoms with Crippen molar-refractivity contribution in [3.8, 4) is 0 Å². The minimum Gasteiger partial charge on any atom is -0.350 e. The number of hydrogen-bond acceptors (Lipinski definition) is 3. The number of carbonyl (C=O) groups excluding carboxylic acids is 1. The number of aromatic nitrogens is 1. The predicted molar refractivity (Wildman–Crippen MR) is 82.2 cm³/mol. The number of fused-ring (bicyclic) bond motifs is 1. The van der Waals surface area contributed by atoms with Crippen molar-refractivity contribution in [2.45, 2.75) is 19.4 Å². The third-order valence-corrected chi connectivity index (χ3v) is 3.82. The Morgan fingerprint density at radius 1 is 1.38 bits per heavy atom. The fraction of sp³-hybridized carbons (Fsp3) is 0.294. The number of benzene rings is 1. The van der Waals surface area contributed by atoms with E-state index in [0.29, 0.717) is 12.1 Å². The Bertz CT molecular complexity index is 654. The maximum atomic E-state index is 12.2. The second-order valence-electron chi connectivity index (χ2n) is 5.42. The summed E-state index contributed by atoms with van der Waals surface area (Å²) in [5, 5.41) is 6.46. The van der Waals surface area contributed by atoms with Crippen molar-refractivity contribution in [3.63, 3.8) is 0 Å². The molecule has 108 valence electrons. The largest absolute Gasteiger partial charge is 0.350 e. The molecule has 1 amide bonds. The number of aryl methyl sites for hydroxylation is 1. The van der Waals surface area contributed by atoms with Gasteiger partial charge in [-0.25, -0.2) is 0 Å². The number of carbonyl (C=O) groups is 1. The standard InChI is InChI=1S/C17H19N3O/c1-12-8-14(10-18-9-12)17(21)20-11-16-15-5-3-2-4-13(15)6-7-19-16/h2-5,8-10,16,19H,6-7,11H2,1H3,(H,20,21). The molecular formula is C17H19N3O. The summed E-state index contributed by atoms with van der Waals surface area (Å²) in [5.41, 5.74) is 4.25. The van der Waals surface area contributed by atoms with Crippen molar-refractivity contribution in [2.75, 3.05) is 13.1 Å². The summed E-state index contributed by atoms with van der Waals surface area (Å²) < 4.78 is 0. The van der Waals surface area contributed by atoms with Crippen LogP contribution in [0.2, 0.25) is 0 Å². The highest BCUT2D eigenvalue weighted by Crippen LogP contribution is 2.21. The first-order valence-electron chi connectivity index (χ1n) is 7.25. The molecule has 1 aromatic carbocycles. The highest BCUT2D eigenvalue weighted by atomic mass is 16.1. The lowest BCUT2D eigenvalue weighted by Gasteiger charge is -2.27. The molecule has 1 atom stereocenters. The fourth-order valence-corrected chi connectivity index (χ4v) is 2.75. The van der Waals surface area contributed by atoms with E-state index >= 15 is 0 Å². The molecule has 2 heterocycles. The predicted octanol–water partition coefficient (Wildman–Crippen LogP) is 2.01. The quantitative estimate of drug-likeness (QED) is 0.905. The summed E-state index contributed by atoms with van der Waals surface area (Å²) >= 11 is 0. The Balaban J connectivity index is 1.67. The number of rotatable bonds is 3. The zero-order valence-corrected chi connectivity index (χ0v) is 12.1. The number of nitrogens with one attached hydrogen (secondary N) is 2. The van der Waals surface area contributed by atoms with E-state index in [0.717, 1.165) is 18.5 Å². The Hall–Kier alpha value is -2.20. The maximum Gasteiger partial charge on any atom is 0.252 e. The van der Waals surface area contributed by atoms with E-state index in [1.165, 1.54) is 11.1 Å². The average Bonchev–Trinajstić information content (AvgIpc) is 2.52. The molecule has 1 unspecified atom stereocenters. The average molecular weight is 281 g/mol. The smallest absolute Gasteiger partial charge is 0.252 e. The van der Waals surface area contributed by atoms with Gasteiger partial charge in [0.1, 0.15) is 0 Å². The molecular weight excluding hydrogens is 262 g/mol. The van der Waals surface area contributed by atoms with Gasteiger partial charge in [-0.05, 0) is 42.6 Å². The van der Waals surface area contributed by atoms with Crippen molar-refractivity contribution >= 4 is 5.91 Å². The molecule has 0 aliphatic carbocycles. The topological polar surface area (TPSA) is 54.0 Å². The Labute approximate surface area is 124 Å². The lowest BCUT2D eigenvalue weighted by molar-refractivity contribution is 0.0948. The lowest BCUT2D eigenvalue weighted by Crippen LogP contribution is -2.38. The molecule has 0 bridgehead atoms. The molecule has 0 fully saturated rings. The monoisotopic (exact) mass is 281 g/mol. The molecule has 1 aromatic heterocycles. The van der Waals surface area contributed by atoms with Gasteiger partial charge in [-0.1, -0.05) is 24.3 Å². The first-order valence-corrected chi connectivity index (χ1v) is 7.25.